The Morgan fingerprint density at radius 1 is 1.24 bits per heavy atom. The number of hydrogen-bond donors (Lipinski definition) is 1. The van der Waals surface area contributed by atoms with Crippen LogP contribution in [0.4, 0.5) is 5.69 Å². The number of nitriles is 1. The summed E-state index contributed by atoms with van der Waals surface area (Å²) >= 11 is 7.17. The lowest BCUT2D eigenvalue weighted by Crippen LogP contribution is -2.21. The summed E-state index contributed by atoms with van der Waals surface area (Å²) in [5, 5.41) is 13.3. The molecular formula is C17H13ClN2O4S. The predicted molar refractivity (Wildman–Crippen MR) is 93.6 cm³/mol. The van der Waals surface area contributed by atoms with Gasteiger partial charge in [0.1, 0.15) is 6.07 Å². The van der Waals surface area contributed by atoms with Crippen molar-refractivity contribution in [1.82, 2.24) is 0 Å². The van der Waals surface area contributed by atoms with E-state index in [1.165, 1.54) is 29.5 Å². The molecule has 0 aliphatic carbocycles. The molecule has 128 valence electrons. The first-order valence-electron chi connectivity index (χ1n) is 7.21. The summed E-state index contributed by atoms with van der Waals surface area (Å²) in [5.74, 6) is -1.31. The van der Waals surface area contributed by atoms with Crippen molar-refractivity contribution in [3.05, 3.63) is 51.2 Å². The van der Waals surface area contributed by atoms with Crippen LogP contribution in [-0.2, 0) is 14.3 Å². The molecule has 2 aromatic rings. The van der Waals surface area contributed by atoms with E-state index in [0.717, 1.165) is 0 Å². The van der Waals surface area contributed by atoms with Gasteiger partial charge in [0.25, 0.3) is 5.91 Å². The first kappa shape index (κ1) is 18.6. The summed E-state index contributed by atoms with van der Waals surface area (Å²) in [5.41, 5.74) is 0.680. The Bertz CT molecular complexity index is 828. The number of rotatable bonds is 7. The summed E-state index contributed by atoms with van der Waals surface area (Å²) < 4.78 is 4.83. The van der Waals surface area contributed by atoms with Crippen molar-refractivity contribution in [2.45, 2.75) is 12.8 Å². The molecule has 0 bridgehead atoms. The lowest BCUT2D eigenvalue weighted by atomic mass is 10.2. The van der Waals surface area contributed by atoms with Crippen molar-refractivity contribution in [3.63, 3.8) is 0 Å². The second-order valence-electron chi connectivity index (χ2n) is 4.92. The third kappa shape index (κ3) is 5.71. The maximum atomic E-state index is 11.8. The van der Waals surface area contributed by atoms with E-state index in [1.807, 2.05) is 6.07 Å². The molecule has 0 aliphatic heterocycles. The Labute approximate surface area is 153 Å². The number of anilines is 1. The van der Waals surface area contributed by atoms with E-state index in [2.05, 4.69) is 5.32 Å². The molecule has 2 rings (SSSR count). The fourth-order valence-electron chi connectivity index (χ4n) is 1.87. The second-order valence-corrected chi connectivity index (χ2v) is 6.27. The highest BCUT2D eigenvalue weighted by molar-refractivity contribution is 7.12. The highest BCUT2D eigenvalue weighted by atomic mass is 35.5. The van der Waals surface area contributed by atoms with Crippen LogP contribution in [0.5, 0.6) is 0 Å². The maximum absolute atomic E-state index is 11.8. The van der Waals surface area contributed by atoms with Gasteiger partial charge in [-0.05, 0) is 29.6 Å². The van der Waals surface area contributed by atoms with Gasteiger partial charge in [0.2, 0.25) is 0 Å². The number of Topliss-reactive ketones (excluding diaryl/α,β-unsaturated/α-hetero) is 1. The third-order valence-corrected chi connectivity index (χ3v) is 4.31. The molecule has 1 amide bonds. The summed E-state index contributed by atoms with van der Waals surface area (Å²) in [6, 6.07) is 9.78. The van der Waals surface area contributed by atoms with Gasteiger partial charge in [0.15, 0.2) is 12.4 Å². The minimum atomic E-state index is -0.627. The average Bonchev–Trinajstić information content (AvgIpc) is 3.12. The van der Waals surface area contributed by atoms with Crippen molar-refractivity contribution in [2.24, 2.45) is 0 Å². The van der Waals surface area contributed by atoms with Crippen LogP contribution >= 0.6 is 22.9 Å². The van der Waals surface area contributed by atoms with Gasteiger partial charge in [-0.1, -0.05) is 17.7 Å². The number of esters is 1. The maximum Gasteiger partial charge on any atom is 0.306 e. The Kier molecular flexibility index (Phi) is 6.69. The van der Waals surface area contributed by atoms with Crippen molar-refractivity contribution < 1.29 is 19.1 Å². The predicted octanol–water partition coefficient (Wildman–Crippen LogP) is 3.42. The molecule has 8 heteroatoms. The molecule has 1 aromatic heterocycles. The van der Waals surface area contributed by atoms with E-state index in [0.29, 0.717) is 16.1 Å². The smallest absolute Gasteiger partial charge is 0.306 e. The summed E-state index contributed by atoms with van der Waals surface area (Å²) in [6.07, 6.45) is -0.0566. The number of ketones is 1. The Balaban J connectivity index is 1.74. The van der Waals surface area contributed by atoms with Crippen molar-refractivity contribution in [2.75, 3.05) is 11.9 Å². The fourth-order valence-corrected chi connectivity index (χ4v) is 2.79. The van der Waals surface area contributed by atoms with Crippen LogP contribution < -0.4 is 5.32 Å². The monoisotopic (exact) mass is 376 g/mol. The van der Waals surface area contributed by atoms with E-state index in [9.17, 15) is 14.4 Å². The summed E-state index contributed by atoms with van der Waals surface area (Å²) in [4.78, 5) is 35.7. The number of amides is 1. The summed E-state index contributed by atoms with van der Waals surface area (Å²) in [7, 11) is 0. The molecule has 0 unspecified atom stereocenters. The van der Waals surface area contributed by atoms with Gasteiger partial charge in [-0.25, -0.2) is 0 Å². The highest BCUT2D eigenvalue weighted by Gasteiger charge is 2.13. The quantitative estimate of drug-likeness (QED) is 0.590. The molecular weight excluding hydrogens is 364 g/mol. The molecule has 0 aliphatic rings. The largest absolute Gasteiger partial charge is 0.456 e. The number of ether oxygens (including phenoxy) is 1. The van der Waals surface area contributed by atoms with E-state index < -0.39 is 18.5 Å². The number of nitrogens with one attached hydrogen (secondary N) is 1. The SMILES string of the molecule is N#Cc1ccc(NC(=O)COC(=O)CCC(=O)c2cccs2)cc1Cl. The minimum Gasteiger partial charge on any atom is -0.456 e. The second kappa shape index (κ2) is 8.97. The van der Waals surface area contributed by atoms with Gasteiger partial charge in [-0.15, -0.1) is 11.3 Å². The molecule has 1 heterocycles. The van der Waals surface area contributed by atoms with E-state index in [4.69, 9.17) is 21.6 Å². The number of halogens is 1. The number of hydrogen-bond acceptors (Lipinski definition) is 6. The molecule has 0 fully saturated rings. The van der Waals surface area contributed by atoms with Crippen LogP contribution in [0.25, 0.3) is 0 Å². The van der Waals surface area contributed by atoms with Crippen molar-refractivity contribution >= 4 is 46.3 Å². The zero-order chi connectivity index (χ0) is 18.2. The molecule has 0 saturated carbocycles. The Morgan fingerprint density at radius 3 is 2.68 bits per heavy atom. The van der Waals surface area contributed by atoms with Crippen LogP contribution in [0.1, 0.15) is 28.1 Å². The van der Waals surface area contributed by atoms with Gasteiger partial charge < -0.3 is 10.1 Å². The number of thiophene rings is 1. The molecule has 0 radical (unpaired) electrons. The van der Waals surface area contributed by atoms with Crippen LogP contribution in [0, 0.1) is 11.3 Å². The first-order valence-corrected chi connectivity index (χ1v) is 8.47. The minimum absolute atomic E-state index is 0.0339. The summed E-state index contributed by atoms with van der Waals surface area (Å²) in [6.45, 7) is -0.469. The third-order valence-electron chi connectivity index (χ3n) is 3.09. The van der Waals surface area contributed by atoms with Gasteiger partial charge >= 0.3 is 5.97 Å². The molecule has 1 N–H and O–H groups in total. The zero-order valence-electron chi connectivity index (χ0n) is 13.0. The Hall–Kier alpha value is -2.69. The molecule has 6 nitrogen and oxygen atoms in total. The lowest BCUT2D eigenvalue weighted by molar-refractivity contribution is -0.147. The van der Waals surface area contributed by atoms with Crippen LogP contribution in [0.3, 0.4) is 0 Å². The van der Waals surface area contributed by atoms with Gasteiger partial charge in [0.05, 0.1) is 21.9 Å². The van der Waals surface area contributed by atoms with Gasteiger partial charge in [-0.2, -0.15) is 5.26 Å². The lowest BCUT2D eigenvalue weighted by Gasteiger charge is -2.07. The normalized spacial score (nSPS) is 9.92. The van der Waals surface area contributed by atoms with Gasteiger partial charge in [0, 0.05) is 12.1 Å². The molecule has 25 heavy (non-hydrogen) atoms. The first-order chi connectivity index (χ1) is 12.0. The number of nitrogens with zero attached hydrogens (tertiary/aromatic N) is 1. The van der Waals surface area contributed by atoms with E-state index >= 15 is 0 Å². The van der Waals surface area contributed by atoms with Crippen LogP contribution in [0.15, 0.2) is 35.7 Å². The average molecular weight is 377 g/mol. The van der Waals surface area contributed by atoms with Crippen LogP contribution in [0.2, 0.25) is 5.02 Å². The van der Waals surface area contributed by atoms with E-state index in [-0.39, 0.29) is 23.6 Å². The van der Waals surface area contributed by atoms with Crippen molar-refractivity contribution in [3.8, 4) is 6.07 Å². The van der Waals surface area contributed by atoms with Gasteiger partial charge in [-0.3, -0.25) is 14.4 Å². The fraction of sp³-hybridized carbons (Fsp3) is 0.176. The molecule has 0 saturated heterocycles. The van der Waals surface area contributed by atoms with Crippen molar-refractivity contribution in [1.29, 1.82) is 5.26 Å². The standard InChI is InChI=1S/C17H13ClN2O4S/c18-13-8-12(4-3-11(13)9-19)20-16(22)10-24-17(23)6-5-14(21)15-2-1-7-25-15/h1-4,7-8H,5-6,10H2,(H,20,22). The van der Waals surface area contributed by atoms with E-state index in [1.54, 1.807) is 17.5 Å². The number of benzene rings is 1. The highest BCUT2D eigenvalue weighted by Crippen LogP contribution is 2.20. The van der Waals surface area contributed by atoms with Crippen LogP contribution in [-0.4, -0.2) is 24.3 Å². The zero-order valence-corrected chi connectivity index (χ0v) is 14.5. The number of carbonyl (C=O) groups is 3. The molecule has 0 atom stereocenters. The Morgan fingerprint density at radius 2 is 2.04 bits per heavy atom. The number of carbonyl (C=O) groups excluding carboxylic acids is 3. The topological polar surface area (TPSA) is 96.3 Å². The molecule has 0 spiro atoms. The molecule has 1 aromatic carbocycles.